The van der Waals surface area contributed by atoms with Crippen LogP contribution in [0.4, 0.5) is 16.2 Å². The monoisotopic (exact) mass is 283 g/mol. The quantitative estimate of drug-likeness (QED) is 0.824. The lowest BCUT2D eigenvalue weighted by molar-refractivity contribution is -0.116. The number of halogens is 1. The van der Waals surface area contributed by atoms with Gasteiger partial charge in [-0.15, -0.1) is 0 Å². The van der Waals surface area contributed by atoms with Crippen LogP contribution in [-0.4, -0.2) is 36.6 Å². The SMILES string of the molecule is Nc1cc(NC(=O)CCN2CCOC2=O)ccc1Cl. The molecule has 7 heteroatoms. The van der Waals surface area contributed by atoms with E-state index < -0.39 is 0 Å². The molecule has 2 rings (SSSR count). The fraction of sp³-hybridized carbons (Fsp3) is 0.333. The summed E-state index contributed by atoms with van der Waals surface area (Å²) in [7, 11) is 0. The van der Waals surface area contributed by atoms with Gasteiger partial charge in [-0.2, -0.15) is 0 Å². The number of carbonyl (C=O) groups excluding carboxylic acids is 2. The summed E-state index contributed by atoms with van der Waals surface area (Å²) in [6.45, 7) is 1.25. The normalized spacial score (nSPS) is 14.4. The Labute approximate surface area is 115 Å². The molecular formula is C12H14ClN3O3. The number of carbonyl (C=O) groups is 2. The van der Waals surface area contributed by atoms with Gasteiger partial charge in [0.1, 0.15) is 6.61 Å². The Bertz CT molecular complexity index is 507. The second kappa shape index (κ2) is 5.79. The highest BCUT2D eigenvalue weighted by Crippen LogP contribution is 2.22. The number of nitrogen functional groups attached to an aromatic ring is 1. The summed E-state index contributed by atoms with van der Waals surface area (Å²) in [5, 5.41) is 3.13. The van der Waals surface area contributed by atoms with Crippen LogP contribution in [0.1, 0.15) is 6.42 Å². The lowest BCUT2D eigenvalue weighted by Gasteiger charge is -2.12. The molecule has 0 spiro atoms. The first-order chi connectivity index (χ1) is 9.06. The zero-order valence-corrected chi connectivity index (χ0v) is 10.9. The highest BCUT2D eigenvalue weighted by Gasteiger charge is 2.22. The van der Waals surface area contributed by atoms with E-state index in [2.05, 4.69) is 5.32 Å². The number of ether oxygens (including phenoxy) is 1. The number of hydrogen-bond donors (Lipinski definition) is 2. The lowest BCUT2D eigenvalue weighted by atomic mass is 10.2. The van der Waals surface area contributed by atoms with E-state index in [1.165, 1.54) is 4.90 Å². The van der Waals surface area contributed by atoms with Crippen LogP contribution in [0.2, 0.25) is 5.02 Å². The van der Waals surface area contributed by atoms with Crippen molar-refractivity contribution in [3.63, 3.8) is 0 Å². The second-order valence-electron chi connectivity index (χ2n) is 4.14. The first kappa shape index (κ1) is 13.5. The van der Waals surface area contributed by atoms with E-state index >= 15 is 0 Å². The minimum Gasteiger partial charge on any atom is -0.448 e. The molecule has 3 N–H and O–H groups in total. The van der Waals surface area contributed by atoms with Crippen LogP contribution in [0.3, 0.4) is 0 Å². The Hall–Kier alpha value is -1.95. The molecule has 0 atom stereocenters. The molecule has 6 nitrogen and oxygen atoms in total. The van der Waals surface area contributed by atoms with E-state index in [0.29, 0.717) is 36.1 Å². The summed E-state index contributed by atoms with van der Waals surface area (Å²) in [6.07, 6.45) is -0.166. The molecule has 102 valence electrons. The summed E-state index contributed by atoms with van der Waals surface area (Å²) in [6, 6.07) is 4.87. The standard InChI is InChI=1S/C12H14ClN3O3/c13-9-2-1-8(7-10(9)14)15-11(17)3-4-16-5-6-19-12(16)18/h1-2,7H,3-6,14H2,(H,15,17). The molecule has 1 aliphatic heterocycles. The van der Waals surface area contributed by atoms with Gasteiger partial charge in [-0.05, 0) is 18.2 Å². The molecule has 0 aromatic heterocycles. The number of nitrogens with one attached hydrogen (secondary N) is 1. The number of anilines is 2. The maximum Gasteiger partial charge on any atom is 0.409 e. The topological polar surface area (TPSA) is 84.7 Å². The molecule has 1 aromatic rings. The summed E-state index contributed by atoms with van der Waals surface area (Å²) < 4.78 is 4.77. The van der Waals surface area contributed by atoms with Gasteiger partial charge in [0, 0.05) is 18.7 Å². The molecule has 1 aromatic carbocycles. The number of nitrogens with zero attached hydrogens (tertiary/aromatic N) is 1. The van der Waals surface area contributed by atoms with Gasteiger partial charge in [0.15, 0.2) is 0 Å². The van der Waals surface area contributed by atoms with E-state index in [9.17, 15) is 9.59 Å². The number of rotatable bonds is 4. The van der Waals surface area contributed by atoms with Crippen LogP contribution >= 0.6 is 11.6 Å². The number of nitrogens with two attached hydrogens (primary N) is 1. The number of benzene rings is 1. The summed E-state index contributed by atoms with van der Waals surface area (Å²) in [5.41, 5.74) is 6.62. The van der Waals surface area contributed by atoms with Gasteiger partial charge >= 0.3 is 6.09 Å². The molecule has 1 aliphatic rings. The third kappa shape index (κ3) is 3.51. The largest absolute Gasteiger partial charge is 0.448 e. The van der Waals surface area contributed by atoms with Crippen molar-refractivity contribution >= 4 is 35.0 Å². The molecule has 2 amide bonds. The van der Waals surface area contributed by atoms with E-state index in [-0.39, 0.29) is 18.4 Å². The number of amides is 2. The van der Waals surface area contributed by atoms with Crippen LogP contribution in [-0.2, 0) is 9.53 Å². The highest BCUT2D eigenvalue weighted by atomic mass is 35.5. The Morgan fingerprint density at radius 3 is 2.95 bits per heavy atom. The van der Waals surface area contributed by atoms with Gasteiger partial charge in [0.2, 0.25) is 5.91 Å². The average Bonchev–Trinajstić information content (AvgIpc) is 2.77. The van der Waals surface area contributed by atoms with Crippen molar-refractivity contribution < 1.29 is 14.3 Å². The maximum absolute atomic E-state index is 11.7. The zero-order chi connectivity index (χ0) is 13.8. The summed E-state index contributed by atoms with van der Waals surface area (Å²) in [4.78, 5) is 24.4. The van der Waals surface area contributed by atoms with E-state index in [4.69, 9.17) is 22.1 Å². The molecule has 0 saturated carbocycles. The fourth-order valence-electron chi connectivity index (χ4n) is 1.71. The van der Waals surface area contributed by atoms with Crippen LogP contribution in [0, 0.1) is 0 Å². The summed E-state index contributed by atoms with van der Waals surface area (Å²) >= 11 is 5.78. The van der Waals surface area contributed by atoms with Gasteiger partial charge in [-0.1, -0.05) is 11.6 Å². The first-order valence-corrected chi connectivity index (χ1v) is 6.20. The van der Waals surface area contributed by atoms with Crippen LogP contribution < -0.4 is 11.1 Å². The van der Waals surface area contributed by atoms with Crippen molar-refractivity contribution in [1.29, 1.82) is 0 Å². The average molecular weight is 284 g/mol. The Morgan fingerprint density at radius 1 is 1.53 bits per heavy atom. The minimum atomic E-state index is -0.372. The smallest absolute Gasteiger partial charge is 0.409 e. The predicted octanol–water partition coefficient (Wildman–Crippen LogP) is 1.70. The fourth-order valence-corrected chi connectivity index (χ4v) is 1.83. The van der Waals surface area contributed by atoms with Crippen molar-refractivity contribution in [2.45, 2.75) is 6.42 Å². The molecule has 1 saturated heterocycles. The van der Waals surface area contributed by atoms with Crippen molar-refractivity contribution in [2.24, 2.45) is 0 Å². The Kier molecular flexibility index (Phi) is 4.11. The van der Waals surface area contributed by atoms with Gasteiger partial charge in [-0.3, -0.25) is 4.79 Å². The van der Waals surface area contributed by atoms with Gasteiger partial charge in [0.25, 0.3) is 0 Å². The van der Waals surface area contributed by atoms with Gasteiger partial charge in [-0.25, -0.2) is 4.79 Å². The Morgan fingerprint density at radius 2 is 2.32 bits per heavy atom. The van der Waals surface area contributed by atoms with Crippen LogP contribution in [0.15, 0.2) is 18.2 Å². The zero-order valence-electron chi connectivity index (χ0n) is 10.2. The van der Waals surface area contributed by atoms with E-state index in [1.807, 2.05) is 0 Å². The molecule has 1 heterocycles. The van der Waals surface area contributed by atoms with Crippen LogP contribution in [0.5, 0.6) is 0 Å². The third-order valence-electron chi connectivity index (χ3n) is 2.73. The molecule has 0 unspecified atom stereocenters. The van der Waals surface area contributed by atoms with Crippen molar-refractivity contribution in [2.75, 3.05) is 30.7 Å². The molecular weight excluding hydrogens is 270 g/mol. The van der Waals surface area contributed by atoms with Gasteiger partial charge in [0.05, 0.1) is 17.3 Å². The predicted molar refractivity (Wildman–Crippen MR) is 72.0 cm³/mol. The van der Waals surface area contributed by atoms with Crippen molar-refractivity contribution in [1.82, 2.24) is 4.90 Å². The van der Waals surface area contributed by atoms with Crippen molar-refractivity contribution in [3.05, 3.63) is 23.2 Å². The van der Waals surface area contributed by atoms with Gasteiger partial charge < -0.3 is 20.7 Å². The lowest BCUT2D eigenvalue weighted by Crippen LogP contribution is -2.28. The van der Waals surface area contributed by atoms with Crippen molar-refractivity contribution in [3.8, 4) is 0 Å². The molecule has 0 bridgehead atoms. The second-order valence-corrected chi connectivity index (χ2v) is 4.54. The van der Waals surface area contributed by atoms with Crippen LogP contribution in [0.25, 0.3) is 0 Å². The van der Waals surface area contributed by atoms with E-state index in [0.717, 1.165) is 0 Å². The molecule has 19 heavy (non-hydrogen) atoms. The molecule has 0 radical (unpaired) electrons. The Balaban J connectivity index is 1.83. The first-order valence-electron chi connectivity index (χ1n) is 5.83. The van der Waals surface area contributed by atoms with E-state index in [1.54, 1.807) is 18.2 Å². The maximum atomic E-state index is 11.7. The molecule has 1 fully saturated rings. The minimum absolute atomic E-state index is 0.193. The number of cyclic esters (lactones) is 1. The molecule has 0 aliphatic carbocycles. The highest BCUT2D eigenvalue weighted by molar-refractivity contribution is 6.33. The summed E-state index contributed by atoms with van der Waals surface area (Å²) in [5.74, 6) is -0.193. The number of hydrogen-bond acceptors (Lipinski definition) is 4. The third-order valence-corrected chi connectivity index (χ3v) is 3.08.